The first-order valence-corrected chi connectivity index (χ1v) is 20.9. The van der Waals surface area contributed by atoms with Gasteiger partial charge in [0.25, 0.3) is 5.91 Å². The Morgan fingerprint density at radius 1 is 0.812 bits per heavy atom. The highest BCUT2D eigenvalue weighted by Crippen LogP contribution is 2.33. The van der Waals surface area contributed by atoms with Crippen molar-refractivity contribution in [3.63, 3.8) is 0 Å². The predicted molar refractivity (Wildman–Crippen MR) is 231 cm³/mol. The van der Waals surface area contributed by atoms with Gasteiger partial charge in [0.05, 0.1) is 11.3 Å². The van der Waals surface area contributed by atoms with Gasteiger partial charge in [0, 0.05) is 35.4 Å². The summed E-state index contributed by atoms with van der Waals surface area (Å²) < 4.78 is 48.0. The van der Waals surface area contributed by atoms with Gasteiger partial charge in [0.1, 0.15) is 36.3 Å². The molecular weight excluding hydrogens is 878 g/mol. The molecule has 0 spiro atoms. The largest absolute Gasteiger partial charge is 0.509 e. The third-order valence-corrected chi connectivity index (χ3v) is 10.7. The van der Waals surface area contributed by atoms with Gasteiger partial charge in [-0.1, -0.05) is 80.4 Å². The van der Waals surface area contributed by atoms with Crippen molar-refractivity contribution in [1.29, 1.82) is 0 Å². The highest BCUT2D eigenvalue weighted by atomic mass is 35.5. The van der Waals surface area contributed by atoms with E-state index >= 15 is 0 Å². The number of piperidine rings is 1. The van der Waals surface area contributed by atoms with E-state index in [1.165, 1.54) is 47.8 Å². The molecule has 1 aromatic heterocycles. The molecule has 0 aliphatic carbocycles. The molecule has 3 aromatic rings. The number of hydrogen-bond donors (Lipinski definition) is 1. The fourth-order valence-corrected chi connectivity index (χ4v) is 7.53. The SMILES string of the molecule is C=CCOC(=O)O[C@@H]1[C@@H](OC(=O)OCC=C)[C@@H](OC(=O)c2cccc(N3CCC[C@H](NC(=O)c4sc(-c5ccc(Cl)cc5)nc4C)C3)c2)O[C@H](C(=O)OCC=C)[C@H]1OC(=O)OCC=C. The van der Waals surface area contributed by atoms with Crippen LogP contribution in [0.25, 0.3) is 10.6 Å². The molecule has 6 atom stereocenters. The number of nitrogens with one attached hydrogen (secondary N) is 1. The summed E-state index contributed by atoms with van der Waals surface area (Å²) in [5.74, 6) is -2.50. The fraction of sp³-hybridized carbons (Fsp3) is 0.341. The first kappa shape index (κ1) is 48.3. The van der Waals surface area contributed by atoms with Crippen LogP contribution in [0.2, 0.25) is 5.02 Å². The molecule has 1 N–H and O–H groups in total. The Hall–Kier alpha value is -6.70. The molecule has 2 fully saturated rings. The third-order valence-electron chi connectivity index (χ3n) is 9.25. The quantitative estimate of drug-likeness (QED) is 0.0780. The summed E-state index contributed by atoms with van der Waals surface area (Å²) in [6.45, 7) is 15.3. The lowest BCUT2D eigenvalue weighted by Gasteiger charge is -2.42. The molecule has 5 rings (SSSR count). The summed E-state index contributed by atoms with van der Waals surface area (Å²) in [5, 5.41) is 4.40. The van der Waals surface area contributed by atoms with Crippen molar-refractivity contribution in [3.05, 3.63) is 120 Å². The van der Waals surface area contributed by atoms with Crippen LogP contribution in [-0.4, -0.2) is 118 Å². The Bertz CT molecular complexity index is 2200. The standard InChI is InChI=1S/C44H46ClN3O15S/c1-6-20-55-40(51)34-32(60-42(52)56-21-7-2)33(61-43(53)57-22-8-3)35(62-44(54)58-23-9-4)41(59-34)63-39(50)28-12-10-14-31(24-28)48-19-11-13-30(25-48)47-37(49)36-26(5)46-38(64-36)27-15-17-29(45)18-16-27/h6-10,12,14-18,24,30,32-35,41H,1-4,11,13,19-23,25H2,5H3,(H,47,49)/t30-,32-,33-,34-,35+,41+/m0/s1. The zero-order chi connectivity index (χ0) is 46.2. The van der Waals surface area contributed by atoms with Gasteiger partial charge in [-0.3, -0.25) is 4.79 Å². The molecule has 2 aromatic carbocycles. The molecule has 20 heteroatoms. The summed E-state index contributed by atoms with van der Waals surface area (Å²) in [6.07, 6.45) is -7.86. The van der Waals surface area contributed by atoms with Gasteiger partial charge in [-0.2, -0.15) is 0 Å². The molecule has 0 saturated carbocycles. The van der Waals surface area contributed by atoms with Crippen molar-refractivity contribution in [2.45, 2.75) is 56.5 Å². The van der Waals surface area contributed by atoms with Gasteiger partial charge in [0.15, 0.2) is 18.3 Å². The second-order valence-corrected chi connectivity index (χ2v) is 15.2. The monoisotopic (exact) mass is 923 g/mol. The minimum Gasteiger partial charge on any atom is -0.459 e. The molecule has 0 bridgehead atoms. The summed E-state index contributed by atoms with van der Waals surface area (Å²) in [7, 11) is 0. The van der Waals surface area contributed by atoms with Crippen LogP contribution < -0.4 is 10.2 Å². The van der Waals surface area contributed by atoms with Crippen molar-refractivity contribution in [3.8, 4) is 10.6 Å². The van der Waals surface area contributed by atoms with E-state index in [2.05, 4.69) is 36.6 Å². The summed E-state index contributed by atoms with van der Waals surface area (Å²) >= 11 is 7.33. The lowest BCUT2D eigenvalue weighted by Crippen LogP contribution is -2.64. The molecule has 340 valence electrons. The minimum absolute atomic E-state index is 0.0183. The number of carbonyl (C=O) groups excluding carboxylic acids is 6. The van der Waals surface area contributed by atoms with Crippen LogP contribution in [0.1, 0.15) is 38.6 Å². The number of amides is 1. The van der Waals surface area contributed by atoms with Crippen molar-refractivity contribution in [1.82, 2.24) is 10.3 Å². The van der Waals surface area contributed by atoms with Gasteiger partial charge in [-0.25, -0.2) is 29.0 Å². The van der Waals surface area contributed by atoms with Crippen LogP contribution in [0.5, 0.6) is 0 Å². The number of esters is 2. The zero-order valence-corrected chi connectivity index (χ0v) is 36.3. The normalized spacial score (nSPS) is 20.2. The van der Waals surface area contributed by atoms with E-state index in [9.17, 15) is 28.8 Å². The Labute approximate surface area is 377 Å². The highest BCUT2D eigenvalue weighted by molar-refractivity contribution is 7.17. The Kier molecular flexibility index (Phi) is 17.9. The molecule has 0 radical (unpaired) electrons. The number of rotatable bonds is 18. The topological polar surface area (TPSA) is 214 Å². The van der Waals surface area contributed by atoms with Gasteiger partial charge in [-0.15, -0.1) is 11.3 Å². The molecule has 64 heavy (non-hydrogen) atoms. The number of thiazole rings is 1. The fourth-order valence-electron chi connectivity index (χ4n) is 6.43. The maximum Gasteiger partial charge on any atom is 0.509 e. The number of benzene rings is 2. The number of aromatic nitrogens is 1. The van der Waals surface area contributed by atoms with E-state index in [0.29, 0.717) is 52.2 Å². The number of carbonyl (C=O) groups is 6. The average Bonchev–Trinajstić information content (AvgIpc) is 3.69. The molecule has 18 nitrogen and oxygen atoms in total. The molecule has 2 aliphatic heterocycles. The lowest BCUT2D eigenvalue weighted by molar-refractivity contribution is -0.283. The highest BCUT2D eigenvalue weighted by Gasteiger charge is 2.57. The van der Waals surface area contributed by atoms with Crippen LogP contribution in [-0.2, 0) is 47.4 Å². The van der Waals surface area contributed by atoms with E-state index in [1.807, 2.05) is 17.0 Å². The van der Waals surface area contributed by atoms with Gasteiger partial charge in [-0.05, 0) is 50.1 Å². The maximum atomic E-state index is 14.0. The van der Waals surface area contributed by atoms with Crippen molar-refractivity contribution >= 4 is 64.9 Å². The Morgan fingerprint density at radius 3 is 2.03 bits per heavy atom. The van der Waals surface area contributed by atoms with Crippen LogP contribution in [0.3, 0.4) is 0 Å². The molecular formula is C44H46ClN3O15S. The predicted octanol–water partition coefficient (Wildman–Crippen LogP) is 6.91. The summed E-state index contributed by atoms with van der Waals surface area (Å²) in [5.41, 5.74) is 2.01. The van der Waals surface area contributed by atoms with E-state index in [4.69, 9.17) is 54.2 Å². The number of halogens is 1. The minimum atomic E-state index is -2.06. The summed E-state index contributed by atoms with van der Waals surface area (Å²) in [6, 6.07) is 13.3. The van der Waals surface area contributed by atoms with Gasteiger partial charge >= 0.3 is 30.4 Å². The Morgan fingerprint density at radius 2 is 1.41 bits per heavy atom. The number of hydrogen-bond acceptors (Lipinski definition) is 18. The summed E-state index contributed by atoms with van der Waals surface area (Å²) in [4.78, 5) is 86.7. The van der Waals surface area contributed by atoms with Crippen LogP contribution >= 0.6 is 22.9 Å². The van der Waals surface area contributed by atoms with E-state index in [-0.39, 0.29) is 43.9 Å². The van der Waals surface area contributed by atoms with Crippen molar-refractivity contribution in [2.75, 3.05) is 44.4 Å². The number of aryl methyl sites for hydroxylation is 1. The van der Waals surface area contributed by atoms with Gasteiger partial charge < -0.3 is 52.8 Å². The average molecular weight is 924 g/mol. The van der Waals surface area contributed by atoms with Crippen molar-refractivity contribution in [2.24, 2.45) is 0 Å². The third kappa shape index (κ3) is 13.2. The van der Waals surface area contributed by atoms with Gasteiger partial charge in [0.2, 0.25) is 12.4 Å². The maximum absolute atomic E-state index is 14.0. The lowest BCUT2D eigenvalue weighted by atomic mass is 9.98. The number of ether oxygens (including phenoxy) is 9. The van der Waals surface area contributed by atoms with Crippen LogP contribution in [0.4, 0.5) is 20.1 Å². The zero-order valence-electron chi connectivity index (χ0n) is 34.7. The second kappa shape index (κ2) is 23.7. The second-order valence-electron chi connectivity index (χ2n) is 13.8. The number of nitrogens with zero attached hydrogens (tertiary/aromatic N) is 2. The Balaban J connectivity index is 1.39. The van der Waals surface area contributed by atoms with E-state index in [1.54, 1.807) is 31.2 Å². The first-order valence-electron chi connectivity index (χ1n) is 19.7. The van der Waals surface area contributed by atoms with Crippen LogP contribution in [0.15, 0.2) is 99.2 Å². The van der Waals surface area contributed by atoms with Crippen molar-refractivity contribution < 1.29 is 71.4 Å². The van der Waals surface area contributed by atoms with E-state index < -0.39 is 61.1 Å². The smallest absolute Gasteiger partial charge is 0.459 e. The molecule has 2 aliphatic rings. The van der Waals surface area contributed by atoms with Crippen LogP contribution in [0, 0.1) is 6.92 Å². The first-order chi connectivity index (χ1) is 30.8. The number of anilines is 1. The van der Waals surface area contributed by atoms with E-state index in [0.717, 1.165) is 5.56 Å². The molecule has 1 amide bonds. The molecule has 2 saturated heterocycles. The molecule has 0 unspecified atom stereocenters. The molecule has 3 heterocycles.